The molecule has 5 nitrogen and oxygen atoms in total. The van der Waals surface area contributed by atoms with Crippen LogP contribution in [0.3, 0.4) is 0 Å². The number of rotatable bonds is 6. The van der Waals surface area contributed by atoms with Crippen molar-refractivity contribution < 1.29 is 9.90 Å². The molecule has 2 N–H and O–H groups in total. The van der Waals surface area contributed by atoms with Crippen molar-refractivity contribution >= 4 is 5.91 Å². The second-order valence-corrected chi connectivity index (χ2v) is 3.89. The van der Waals surface area contributed by atoms with E-state index in [1.165, 1.54) is 0 Å². The highest BCUT2D eigenvalue weighted by Crippen LogP contribution is 2.07. The van der Waals surface area contributed by atoms with Crippen molar-refractivity contribution in [3.63, 3.8) is 0 Å². The number of nitrogens with one attached hydrogen (secondary N) is 1. The minimum absolute atomic E-state index is 0.113. The molecule has 0 aromatic carbocycles. The van der Waals surface area contributed by atoms with Crippen molar-refractivity contribution in [1.82, 2.24) is 15.5 Å². The zero-order valence-electron chi connectivity index (χ0n) is 10.4. The summed E-state index contributed by atoms with van der Waals surface area (Å²) in [4.78, 5) is 11.9. The third-order valence-corrected chi connectivity index (χ3v) is 2.44. The molecule has 1 aromatic rings. The third-order valence-electron chi connectivity index (χ3n) is 2.44. The second kappa shape index (κ2) is 6.96. The summed E-state index contributed by atoms with van der Waals surface area (Å²) in [6.07, 6.45) is 2.17. The lowest BCUT2D eigenvalue weighted by Gasteiger charge is -2.08. The molecule has 0 saturated carbocycles. The van der Waals surface area contributed by atoms with Gasteiger partial charge in [0.15, 0.2) is 0 Å². The van der Waals surface area contributed by atoms with Gasteiger partial charge in [-0.15, -0.1) is 0 Å². The minimum atomic E-state index is -0.113. The summed E-state index contributed by atoms with van der Waals surface area (Å²) in [6, 6.07) is 1.76. The van der Waals surface area contributed by atoms with E-state index in [2.05, 4.69) is 15.5 Å². The van der Waals surface area contributed by atoms with Crippen molar-refractivity contribution in [3.8, 4) is 0 Å². The Balaban J connectivity index is 2.64. The van der Waals surface area contributed by atoms with Gasteiger partial charge in [-0.2, -0.15) is 10.2 Å². The molecule has 0 aliphatic rings. The van der Waals surface area contributed by atoms with Gasteiger partial charge < -0.3 is 10.4 Å². The third kappa shape index (κ3) is 4.11. The van der Waals surface area contributed by atoms with Crippen LogP contribution in [-0.2, 0) is 6.42 Å². The summed E-state index contributed by atoms with van der Waals surface area (Å²) in [7, 11) is 0. The zero-order valence-corrected chi connectivity index (χ0v) is 10.4. The Kier molecular flexibility index (Phi) is 5.56. The Labute approximate surface area is 101 Å². The number of carbonyl (C=O) groups is 1. The molecule has 1 amide bonds. The molecule has 1 rings (SSSR count). The summed E-state index contributed by atoms with van der Waals surface area (Å²) in [5.41, 5.74) is 2.06. The van der Waals surface area contributed by atoms with E-state index >= 15 is 0 Å². The number of aromatic nitrogens is 2. The number of hydrogen-bond donors (Lipinski definition) is 2. The van der Waals surface area contributed by atoms with E-state index in [0.717, 1.165) is 17.8 Å². The van der Waals surface area contributed by atoms with Gasteiger partial charge >= 0.3 is 0 Å². The summed E-state index contributed by atoms with van der Waals surface area (Å²) in [5, 5.41) is 19.4. The first kappa shape index (κ1) is 13.6. The summed E-state index contributed by atoms with van der Waals surface area (Å²) >= 11 is 0. The van der Waals surface area contributed by atoms with Crippen LogP contribution >= 0.6 is 0 Å². The molecule has 0 saturated heterocycles. The SMILES string of the molecule is CCc1nnc(C)cc1C(=O)NCCCCO. The number of hydrogen-bond acceptors (Lipinski definition) is 4. The Morgan fingerprint density at radius 2 is 2.18 bits per heavy atom. The molecule has 17 heavy (non-hydrogen) atoms. The van der Waals surface area contributed by atoms with E-state index < -0.39 is 0 Å². The van der Waals surface area contributed by atoms with Crippen LogP contribution in [0.2, 0.25) is 0 Å². The topological polar surface area (TPSA) is 75.1 Å². The molecular weight excluding hydrogens is 218 g/mol. The largest absolute Gasteiger partial charge is 0.396 e. The van der Waals surface area contributed by atoms with Crippen LogP contribution < -0.4 is 5.32 Å². The lowest BCUT2D eigenvalue weighted by atomic mass is 10.1. The highest BCUT2D eigenvalue weighted by molar-refractivity contribution is 5.95. The maximum Gasteiger partial charge on any atom is 0.253 e. The molecule has 0 aliphatic heterocycles. The van der Waals surface area contributed by atoms with Crippen molar-refractivity contribution in [3.05, 3.63) is 23.0 Å². The van der Waals surface area contributed by atoms with E-state index in [4.69, 9.17) is 5.11 Å². The molecular formula is C12H19N3O2. The molecule has 0 unspecified atom stereocenters. The van der Waals surface area contributed by atoms with Crippen LogP contribution in [0, 0.1) is 6.92 Å². The number of nitrogens with zero attached hydrogens (tertiary/aromatic N) is 2. The Bertz CT molecular complexity index is 380. The van der Waals surface area contributed by atoms with E-state index in [1.807, 2.05) is 13.8 Å². The van der Waals surface area contributed by atoms with Crippen LogP contribution in [-0.4, -0.2) is 34.4 Å². The smallest absolute Gasteiger partial charge is 0.253 e. The minimum Gasteiger partial charge on any atom is -0.396 e. The second-order valence-electron chi connectivity index (χ2n) is 3.89. The van der Waals surface area contributed by atoms with Gasteiger partial charge in [0.2, 0.25) is 0 Å². The van der Waals surface area contributed by atoms with Crippen LogP contribution in [0.25, 0.3) is 0 Å². The molecule has 5 heteroatoms. The first-order chi connectivity index (χ1) is 8.19. The number of aliphatic hydroxyl groups is 1. The average molecular weight is 237 g/mol. The van der Waals surface area contributed by atoms with Crippen molar-refractivity contribution in [2.75, 3.05) is 13.2 Å². The summed E-state index contributed by atoms with van der Waals surface area (Å²) in [6.45, 7) is 4.49. The van der Waals surface area contributed by atoms with E-state index in [1.54, 1.807) is 6.07 Å². The lowest BCUT2D eigenvalue weighted by Crippen LogP contribution is -2.26. The highest BCUT2D eigenvalue weighted by atomic mass is 16.2. The Hall–Kier alpha value is -1.49. The van der Waals surface area contributed by atoms with E-state index in [9.17, 15) is 4.79 Å². The molecule has 0 radical (unpaired) electrons. The summed E-state index contributed by atoms with van der Waals surface area (Å²) in [5.74, 6) is -0.113. The number of amides is 1. The maximum absolute atomic E-state index is 11.9. The van der Waals surface area contributed by atoms with Gasteiger partial charge in [0, 0.05) is 13.2 Å². The molecule has 0 spiro atoms. The van der Waals surface area contributed by atoms with Crippen LogP contribution in [0.4, 0.5) is 0 Å². The Morgan fingerprint density at radius 3 is 2.82 bits per heavy atom. The van der Waals surface area contributed by atoms with E-state index in [-0.39, 0.29) is 12.5 Å². The number of unbranched alkanes of at least 4 members (excludes halogenated alkanes) is 1. The van der Waals surface area contributed by atoms with Crippen molar-refractivity contribution in [2.24, 2.45) is 0 Å². The average Bonchev–Trinajstić information content (AvgIpc) is 2.34. The monoisotopic (exact) mass is 237 g/mol. The standard InChI is InChI=1S/C12H19N3O2/c1-3-11-10(8-9(2)14-15-11)12(17)13-6-4-5-7-16/h8,16H,3-7H2,1-2H3,(H,13,17). The Morgan fingerprint density at radius 1 is 1.41 bits per heavy atom. The van der Waals surface area contributed by atoms with Gasteiger partial charge in [-0.25, -0.2) is 0 Å². The predicted octanol–water partition coefficient (Wildman–Crippen LogP) is 0.850. The van der Waals surface area contributed by atoms with Crippen molar-refractivity contribution in [2.45, 2.75) is 33.1 Å². The fourth-order valence-electron chi connectivity index (χ4n) is 1.51. The van der Waals surface area contributed by atoms with Gasteiger partial charge in [0.05, 0.1) is 17.0 Å². The molecule has 94 valence electrons. The fraction of sp³-hybridized carbons (Fsp3) is 0.583. The number of aliphatic hydroxyl groups excluding tert-OH is 1. The van der Waals surface area contributed by atoms with Gasteiger partial charge in [-0.05, 0) is 32.3 Å². The van der Waals surface area contributed by atoms with Gasteiger partial charge in [0.25, 0.3) is 5.91 Å². The van der Waals surface area contributed by atoms with Crippen LogP contribution in [0.5, 0.6) is 0 Å². The quantitative estimate of drug-likeness (QED) is 0.719. The number of carbonyl (C=O) groups excluding carboxylic acids is 1. The van der Waals surface area contributed by atoms with Crippen LogP contribution in [0.15, 0.2) is 6.07 Å². The molecule has 0 bridgehead atoms. The normalized spacial score (nSPS) is 10.3. The van der Waals surface area contributed by atoms with Gasteiger partial charge in [-0.1, -0.05) is 6.92 Å². The van der Waals surface area contributed by atoms with Gasteiger partial charge in [-0.3, -0.25) is 4.79 Å². The van der Waals surface area contributed by atoms with Crippen molar-refractivity contribution in [1.29, 1.82) is 0 Å². The van der Waals surface area contributed by atoms with Gasteiger partial charge in [0.1, 0.15) is 0 Å². The molecule has 0 fully saturated rings. The molecule has 1 heterocycles. The molecule has 0 aliphatic carbocycles. The predicted molar refractivity (Wildman–Crippen MR) is 64.8 cm³/mol. The first-order valence-electron chi connectivity index (χ1n) is 5.91. The fourth-order valence-corrected chi connectivity index (χ4v) is 1.51. The molecule has 0 atom stereocenters. The highest BCUT2D eigenvalue weighted by Gasteiger charge is 2.11. The summed E-state index contributed by atoms with van der Waals surface area (Å²) < 4.78 is 0. The lowest BCUT2D eigenvalue weighted by molar-refractivity contribution is 0.0950. The maximum atomic E-state index is 11.9. The van der Waals surface area contributed by atoms with E-state index in [0.29, 0.717) is 24.9 Å². The zero-order chi connectivity index (χ0) is 12.7. The van der Waals surface area contributed by atoms with Crippen LogP contribution in [0.1, 0.15) is 41.5 Å². The first-order valence-corrected chi connectivity index (χ1v) is 5.91. The number of aryl methyl sites for hydroxylation is 2. The molecule has 1 aromatic heterocycles.